The molecule has 0 saturated carbocycles. The van der Waals surface area contributed by atoms with Crippen molar-refractivity contribution in [2.45, 2.75) is 0 Å². The molecule has 0 aliphatic heterocycles. The van der Waals surface area contributed by atoms with E-state index in [1.165, 1.54) is 0 Å². The van der Waals surface area contributed by atoms with Crippen LogP contribution >= 0.6 is 0 Å². The second-order valence-electron chi connectivity index (χ2n) is 2.52. The first kappa shape index (κ1) is 7.86. The summed E-state index contributed by atoms with van der Waals surface area (Å²) >= 11 is 0. The van der Waals surface area contributed by atoms with Gasteiger partial charge in [-0.05, 0) is 6.07 Å². The van der Waals surface area contributed by atoms with Crippen molar-refractivity contribution in [3.8, 4) is 11.3 Å². The highest BCUT2D eigenvalue weighted by Gasteiger charge is 1.99. The first-order valence-electron chi connectivity index (χ1n) is 3.82. The minimum absolute atomic E-state index is 0.549. The minimum atomic E-state index is -0.749. The van der Waals surface area contributed by atoms with Crippen molar-refractivity contribution in [3.05, 3.63) is 48.7 Å². The van der Waals surface area contributed by atoms with Gasteiger partial charge in [-0.25, -0.2) is 9.97 Å². The van der Waals surface area contributed by atoms with E-state index in [1.54, 1.807) is 6.07 Å². The highest BCUT2D eigenvalue weighted by Crippen LogP contribution is 2.14. The number of hydrogen-bond donors (Lipinski definition) is 0. The number of hydrogen-bond acceptors (Lipinski definition) is 2. The van der Waals surface area contributed by atoms with Crippen molar-refractivity contribution < 1.29 is 4.39 Å². The molecule has 0 N–H and O–H groups in total. The third-order valence-electron chi connectivity index (χ3n) is 1.64. The maximum atomic E-state index is 12.6. The zero-order valence-electron chi connectivity index (χ0n) is 6.74. The number of rotatable bonds is 1. The van der Waals surface area contributed by atoms with Crippen molar-refractivity contribution in [1.82, 2.24) is 9.97 Å². The van der Waals surface area contributed by atoms with Gasteiger partial charge in [0, 0.05) is 5.56 Å². The van der Waals surface area contributed by atoms with E-state index in [-0.39, 0.29) is 0 Å². The summed E-state index contributed by atoms with van der Waals surface area (Å²) in [6.07, 6.45) is 1.69. The summed E-state index contributed by atoms with van der Waals surface area (Å²) < 4.78 is 12.6. The Hall–Kier alpha value is -1.77. The van der Waals surface area contributed by atoms with Crippen LogP contribution in [0.4, 0.5) is 4.39 Å². The molecule has 2 aromatic rings. The third kappa shape index (κ3) is 1.69. The van der Waals surface area contributed by atoms with Crippen LogP contribution in [-0.2, 0) is 0 Å². The SMILES string of the molecule is Fc1n[c]cc(-c2ccccc2)n1. The van der Waals surface area contributed by atoms with Gasteiger partial charge < -0.3 is 0 Å². The fraction of sp³-hybridized carbons (Fsp3) is 0. The van der Waals surface area contributed by atoms with Gasteiger partial charge in [0.1, 0.15) is 0 Å². The van der Waals surface area contributed by atoms with E-state index in [0.29, 0.717) is 5.69 Å². The smallest absolute Gasteiger partial charge is 0.202 e. The highest BCUT2D eigenvalue weighted by atomic mass is 19.1. The molecule has 1 aromatic carbocycles. The van der Waals surface area contributed by atoms with Crippen LogP contribution in [0.2, 0.25) is 0 Å². The molecule has 3 heteroatoms. The van der Waals surface area contributed by atoms with Crippen LogP contribution in [0, 0.1) is 12.3 Å². The predicted molar refractivity (Wildman–Crippen MR) is 46.3 cm³/mol. The molecular formula is C10H6FN2. The number of halogens is 1. The van der Waals surface area contributed by atoms with Crippen molar-refractivity contribution in [2.24, 2.45) is 0 Å². The van der Waals surface area contributed by atoms with E-state index in [2.05, 4.69) is 16.2 Å². The maximum absolute atomic E-state index is 12.6. The summed E-state index contributed by atoms with van der Waals surface area (Å²) in [6, 6.07) is 10.9. The van der Waals surface area contributed by atoms with Gasteiger partial charge in [0.2, 0.25) is 0 Å². The quantitative estimate of drug-likeness (QED) is 0.617. The van der Waals surface area contributed by atoms with Gasteiger partial charge in [0.25, 0.3) is 0 Å². The molecule has 1 heterocycles. The molecule has 2 rings (SSSR count). The Kier molecular flexibility index (Phi) is 2.00. The third-order valence-corrected chi connectivity index (χ3v) is 1.64. The largest absolute Gasteiger partial charge is 0.309 e. The molecule has 0 aliphatic carbocycles. The van der Waals surface area contributed by atoms with Crippen molar-refractivity contribution in [1.29, 1.82) is 0 Å². The summed E-state index contributed by atoms with van der Waals surface area (Å²) in [5.74, 6) is 0. The topological polar surface area (TPSA) is 25.8 Å². The molecular weight excluding hydrogens is 167 g/mol. The Balaban J connectivity index is 2.48. The Labute approximate surface area is 75.1 Å². The number of aromatic nitrogens is 2. The predicted octanol–water partition coefficient (Wildman–Crippen LogP) is 2.08. The molecule has 0 unspecified atom stereocenters. The summed E-state index contributed by atoms with van der Waals surface area (Å²) in [7, 11) is 0. The second kappa shape index (κ2) is 3.31. The summed E-state index contributed by atoms with van der Waals surface area (Å²) in [5.41, 5.74) is 1.41. The van der Waals surface area contributed by atoms with Gasteiger partial charge in [-0.3, -0.25) is 0 Å². The molecule has 0 fully saturated rings. The normalized spacial score (nSPS) is 9.92. The molecule has 0 aliphatic rings. The lowest BCUT2D eigenvalue weighted by molar-refractivity contribution is 0.539. The van der Waals surface area contributed by atoms with Gasteiger partial charge in [0.05, 0.1) is 11.9 Å². The van der Waals surface area contributed by atoms with Crippen LogP contribution in [0.5, 0.6) is 0 Å². The van der Waals surface area contributed by atoms with Crippen molar-refractivity contribution in [3.63, 3.8) is 0 Å². The number of nitrogens with zero attached hydrogens (tertiary/aromatic N) is 2. The van der Waals surface area contributed by atoms with Crippen molar-refractivity contribution in [2.75, 3.05) is 0 Å². The molecule has 0 spiro atoms. The summed E-state index contributed by atoms with van der Waals surface area (Å²) in [4.78, 5) is 6.90. The van der Waals surface area contributed by atoms with Crippen molar-refractivity contribution >= 4 is 0 Å². The molecule has 0 saturated heterocycles. The van der Waals surface area contributed by atoms with E-state index in [9.17, 15) is 4.39 Å². The average molecular weight is 173 g/mol. The van der Waals surface area contributed by atoms with E-state index < -0.39 is 6.08 Å². The molecule has 0 atom stereocenters. The summed E-state index contributed by atoms with van der Waals surface area (Å²) in [6.45, 7) is 0. The molecule has 0 amide bonds. The van der Waals surface area contributed by atoms with Gasteiger partial charge in [-0.2, -0.15) is 4.39 Å². The minimum Gasteiger partial charge on any atom is -0.202 e. The molecule has 63 valence electrons. The van der Waals surface area contributed by atoms with Crippen LogP contribution < -0.4 is 0 Å². The van der Waals surface area contributed by atoms with Crippen LogP contribution in [0.3, 0.4) is 0 Å². The van der Waals surface area contributed by atoms with Crippen LogP contribution in [-0.4, -0.2) is 9.97 Å². The van der Waals surface area contributed by atoms with E-state index >= 15 is 0 Å². The summed E-state index contributed by atoms with van der Waals surface area (Å²) in [5, 5.41) is 0. The Bertz CT molecular complexity index is 401. The van der Waals surface area contributed by atoms with E-state index in [4.69, 9.17) is 0 Å². The highest BCUT2D eigenvalue weighted by molar-refractivity contribution is 5.57. The molecule has 1 aromatic heterocycles. The van der Waals surface area contributed by atoms with Gasteiger partial charge in [0.15, 0.2) is 0 Å². The van der Waals surface area contributed by atoms with Gasteiger partial charge in [-0.15, -0.1) is 0 Å². The monoisotopic (exact) mass is 173 g/mol. The fourth-order valence-electron chi connectivity index (χ4n) is 1.06. The van der Waals surface area contributed by atoms with Crippen LogP contribution in [0.1, 0.15) is 0 Å². The first-order valence-corrected chi connectivity index (χ1v) is 3.82. The van der Waals surface area contributed by atoms with Gasteiger partial charge in [-0.1, -0.05) is 30.3 Å². The van der Waals surface area contributed by atoms with E-state index in [0.717, 1.165) is 5.56 Å². The molecule has 1 radical (unpaired) electrons. The zero-order chi connectivity index (χ0) is 9.10. The number of benzene rings is 1. The molecule has 2 nitrogen and oxygen atoms in total. The van der Waals surface area contributed by atoms with Crippen LogP contribution in [0.15, 0.2) is 36.4 Å². The maximum Gasteiger partial charge on any atom is 0.309 e. The Morgan fingerprint density at radius 3 is 2.62 bits per heavy atom. The Morgan fingerprint density at radius 1 is 1.15 bits per heavy atom. The fourth-order valence-corrected chi connectivity index (χ4v) is 1.06. The lowest BCUT2D eigenvalue weighted by atomic mass is 10.1. The molecule has 0 bridgehead atoms. The second-order valence-corrected chi connectivity index (χ2v) is 2.52. The van der Waals surface area contributed by atoms with Crippen LogP contribution in [0.25, 0.3) is 11.3 Å². The van der Waals surface area contributed by atoms with E-state index in [1.807, 2.05) is 30.3 Å². The lowest BCUT2D eigenvalue weighted by Crippen LogP contribution is -1.90. The lowest BCUT2D eigenvalue weighted by Gasteiger charge is -1.97. The Morgan fingerprint density at radius 2 is 1.92 bits per heavy atom. The average Bonchev–Trinajstić information content (AvgIpc) is 2.19. The standard InChI is InChI=1S/C10H6FN2/c11-10-12-7-6-9(13-10)8-4-2-1-3-5-8/h1-6H. The zero-order valence-corrected chi connectivity index (χ0v) is 6.74. The van der Waals surface area contributed by atoms with Gasteiger partial charge >= 0.3 is 6.08 Å². The molecule has 13 heavy (non-hydrogen) atoms. The first-order chi connectivity index (χ1) is 6.36.